The Hall–Kier alpha value is -3.06. The molecular formula is C20H17BrN2O4. The molecule has 0 radical (unpaired) electrons. The number of carbonyl (C=O) groups excluding carboxylic acids is 2. The van der Waals surface area contributed by atoms with Gasteiger partial charge in [-0.15, -0.1) is 0 Å². The molecule has 2 N–H and O–H groups in total. The highest BCUT2D eigenvalue weighted by atomic mass is 79.9. The number of ether oxygens (including phenoxy) is 2. The van der Waals surface area contributed by atoms with Gasteiger partial charge in [0.1, 0.15) is 11.5 Å². The maximum atomic E-state index is 11.8. The van der Waals surface area contributed by atoms with Crippen molar-refractivity contribution in [1.29, 1.82) is 0 Å². The number of hydrogen-bond donors (Lipinski definition) is 2. The molecule has 7 heteroatoms. The van der Waals surface area contributed by atoms with Crippen molar-refractivity contribution in [2.75, 3.05) is 13.2 Å². The minimum Gasteiger partial charge on any atom is -0.484 e. The average Bonchev–Trinajstić information content (AvgIpc) is 2.70. The first-order chi connectivity index (χ1) is 13.1. The smallest absolute Gasteiger partial charge is 0.276 e. The molecule has 0 aliphatic rings. The van der Waals surface area contributed by atoms with Crippen LogP contribution in [0.25, 0.3) is 10.8 Å². The molecule has 138 valence electrons. The number of amides is 2. The average molecular weight is 429 g/mol. The Labute approximate surface area is 164 Å². The molecule has 27 heavy (non-hydrogen) atoms. The lowest BCUT2D eigenvalue weighted by Gasteiger charge is -2.10. The molecule has 0 atom stereocenters. The minimum absolute atomic E-state index is 0.215. The zero-order valence-electron chi connectivity index (χ0n) is 14.3. The molecule has 0 heterocycles. The molecule has 0 aliphatic carbocycles. The van der Waals surface area contributed by atoms with E-state index in [0.29, 0.717) is 11.5 Å². The van der Waals surface area contributed by atoms with Crippen molar-refractivity contribution in [3.63, 3.8) is 0 Å². The summed E-state index contributed by atoms with van der Waals surface area (Å²) < 4.78 is 11.7. The van der Waals surface area contributed by atoms with Crippen LogP contribution < -0.4 is 20.3 Å². The van der Waals surface area contributed by atoms with Crippen LogP contribution in [-0.4, -0.2) is 25.0 Å². The van der Waals surface area contributed by atoms with Gasteiger partial charge in [0.2, 0.25) is 0 Å². The highest BCUT2D eigenvalue weighted by molar-refractivity contribution is 9.10. The fourth-order valence-electron chi connectivity index (χ4n) is 2.30. The summed E-state index contributed by atoms with van der Waals surface area (Å²) in [5.74, 6) is 0.185. The van der Waals surface area contributed by atoms with Gasteiger partial charge >= 0.3 is 0 Å². The molecular weight excluding hydrogens is 412 g/mol. The van der Waals surface area contributed by atoms with E-state index < -0.39 is 11.8 Å². The Morgan fingerprint density at radius 1 is 0.741 bits per heavy atom. The van der Waals surface area contributed by atoms with Crippen LogP contribution >= 0.6 is 15.9 Å². The van der Waals surface area contributed by atoms with Crippen molar-refractivity contribution in [2.45, 2.75) is 0 Å². The second-order valence-corrected chi connectivity index (χ2v) is 6.55. The maximum absolute atomic E-state index is 11.8. The van der Waals surface area contributed by atoms with Gasteiger partial charge in [0.15, 0.2) is 13.2 Å². The van der Waals surface area contributed by atoms with Crippen molar-refractivity contribution in [3.8, 4) is 11.5 Å². The number of halogens is 1. The van der Waals surface area contributed by atoms with Crippen molar-refractivity contribution >= 4 is 38.5 Å². The topological polar surface area (TPSA) is 76.7 Å². The molecule has 2 amide bonds. The first-order valence-electron chi connectivity index (χ1n) is 8.18. The highest BCUT2D eigenvalue weighted by Gasteiger charge is 2.07. The van der Waals surface area contributed by atoms with Crippen LogP contribution in [-0.2, 0) is 9.59 Å². The quantitative estimate of drug-likeness (QED) is 0.591. The van der Waals surface area contributed by atoms with Gasteiger partial charge in [-0.3, -0.25) is 20.4 Å². The van der Waals surface area contributed by atoms with Gasteiger partial charge in [-0.1, -0.05) is 46.3 Å². The Bertz CT molecular complexity index is 944. The standard InChI is InChI=1S/C20H17BrN2O4/c21-16-6-9-17(10-7-16)26-12-19(24)22-23-20(25)13-27-18-8-5-14-3-1-2-4-15(14)11-18/h1-11H,12-13H2,(H,22,24)(H,23,25). The van der Waals surface area contributed by atoms with E-state index in [1.54, 1.807) is 30.3 Å². The van der Waals surface area contributed by atoms with E-state index in [9.17, 15) is 9.59 Å². The Kier molecular flexibility index (Phi) is 6.27. The van der Waals surface area contributed by atoms with Crippen molar-refractivity contribution in [1.82, 2.24) is 10.9 Å². The number of fused-ring (bicyclic) bond motifs is 1. The lowest BCUT2D eigenvalue weighted by atomic mass is 10.1. The third-order valence-electron chi connectivity index (χ3n) is 3.62. The summed E-state index contributed by atoms with van der Waals surface area (Å²) in [7, 11) is 0. The molecule has 0 fully saturated rings. The molecule has 0 aromatic heterocycles. The van der Waals surface area contributed by atoms with Crippen molar-refractivity contribution in [2.24, 2.45) is 0 Å². The first-order valence-corrected chi connectivity index (χ1v) is 8.97. The molecule has 0 aliphatic heterocycles. The van der Waals surface area contributed by atoms with E-state index in [4.69, 9.17) is 9.47 Å². The lowest BCUT2D eigenvalue weighted by molar-refractivity contribution is -0.131. The molecule has 3 aromatic carbocycles. The first kappa shape index (κ1) is 18.7. The van der Waals surface area contributed by atoms with Crippen LogP contribution in [0, 0.1) is 0 Å². The maximum Gasteiger partial charge on any atom is 0.276 e. The van der Waals surface area contributed by atoms with E-state index in [1.807, 2.05) is 36.4 Å². The predicted molar refractivity (Wildman–Crippen MR) is 105 cm³/mol. The zero-order chi connectivity index (χ0) is 19.1. The summed E-state index contributed by atoms with van der Waals surface area (Å²) in [5, 5.41) is 2.11. The van der Waals surface area contributed by atoms with E-state index in [0.717, 1.165) is 15.2 Å². The summed E-state index contributed by atoms with van der Waals surface area (Å²) in [4.78, 5) is 23.5. The third-order valence-corrected chi connectivity index (χ3v) is 4.14. The van der Waals surface area contributed by atoms with E-state index in [1.165, 1.54) is 0 Å². The van der Waals surface area contributed by atoms with Crippen LogP contribution in [0.2, 0.25) is 0 Å². The normalized spacial score (nSPS) is 10.3. The second-order valence-electron chi connectivity index (χ2n) is 5.64. The SMILES string of the molecule is O=C(COc1ccc(Br)cc1)NNC(=O)COc1ccc2ccccc2c1. The van der Waals surface area contributed by atoms with Crippen LogP contribution in [0.1, 0.15) is 0 Å². The molecule has 3 aromatic rings. The van der Waals surface area contributed by atoms with Gasteiger partial charge < -0.3 is 9.47 Å². The Morgan fingerprint density at radius 2 is 1.30 bits per heavy atom. The van der Waals surface area contributed by atoms with E-state index >= 15 is 0 Å². The van der Waals surface area contributed by atoms with Gasteiger partial charge in [-0.2, -0.15) is 0 Å². The predicted octanol–water partition coefficient (Wildman–Crippen LogP) is 3.21. The minimum atomic E-state index is -0.475. The van der Waals surface area contributed by atoms with Crippen molar-refractivity contribution in [3.05, 3.63) is 71.2 Å². The molecule has 0 unspecified atom stereocenters. The van der Waals surface area contributed by atoms with Crippen LogP contribution in [0.15, 0.2) is 71.2 Å². The van der Waals surface area contributed by atoms with E-state index in [2.05, 4.69) is 26.8 Å². The Balaban J connectivity index is 1.39. The molecule has 0 bridgehead atoms. The van der Waals surface area contributed by atoms with Crippen LogP contribution in [0.4, 0.5) is 0 Å². The fraction of sp³-hybridized carbons (Fsp3) is 0.100. The fourth-order valence-corrected chi connectivity index (χ4v) is 2.56. The lowest BCUT2D eigenvalue weighted by Crippen LogP contribution is -2.45. The Morgan fingerprint density at radius 3 is 1.96 bits per heavy atom. The monoisotopic (exact) mass is 428 g/mol. The largest absolute Gasteiger partial charge is 0.484 e. The summed E-state index contributed by atoms with van der Waals surface area (Å²) in [5.41, 5.74) is 4.56. The molecule has 0 saturated heterocycles. The van der Waals surface area contributed by atoms with Gasteiger partial charge in [-0.25, -0.2) is 0 Å². The van der Waals surface area contributed by atoms with Gasteiger partial charge in [-0.05, 0) is 47.2 Å². The third kappa shape index (κ3) is 5.72. The number of hydrazine groups is 1. The summed E-state index contributed by atoms with van der Waals surface area (Å²) in [6, 6.07) is 20.5. The highest BCUT2D eigenvalue weighted by Crippen LogP contribution is 2.20. The molecule has 0 spiro atoms. The second kappa shape index (κ2) is 9.05. The van der Waals surface area contributed by atoms with Crippen LogP contribution in [0.5, 0.6) is 11.5 Å². The van der Waals surface area contributed by atoms with Gasteiger partial charge in [0.25, 0.3) is 11.8 Å². The molecule has 3 rings (SSSR count). The molecule has 0 saturated carbocycles. The number of rotatable bonds is 6. The number of carbonyl (C=O) groups is 2. The molecule has 6 nitrogen and oxygen atoms in total. The number of hydrogen-bond acceptors (Lipinski definition) is 4. The zero-order valence-corrected chi connectivity index (χ0v) is 15.9. The summed E-state index contributed by atoms with van der Waals surface area (Å²) in [6.07, 6.45) is 0. The number of benzene rings is 3. The number of nitrogens with one attached hydrogen (secondary N) is 2. The van der Waals surface area contributed by atoms with Gasteiger partial charge in [0.05, 0.1) is 0 Å². The summed E-state index contributed by atoms with van der Waals surface area (Å²) in [6.45, 7) is -0.431. The van der Waals surface area contributed by atoms with Crippen molar-refractivity contribution < 1.29 is 19.1 Å². The summed E-state index contributed by atoms with van der Waals surface area (Å²) >= 11 is 3.32. The van der Waals surface area contributed by atoms with Gasteiger partial charge in [0, 0.05) is 4.47 Å². The van der Waals surface area contributed by atoms with E-state index in [-0.39, 0.29) is 13.2 Å². The van der Waals surface area contributed by atoms with Crippen LogP contribution in [0.3, 0.4) is 0 Å².